The summed E-state index contributed by atoms with van der Waals surface area (Å²) >= 11 is 6.04. The lowest BCUT2D eigenvalue weighted by atomic mass is 10.2. The third-order valence-corrected chi connectivity index (χ3v) is 4.09. The first-order valence-electron chi connectivity index (χ1n) is 8.62. The van der Waals surface area contributed by atoms with Crippen molar-refractivity contribution >= 4 is 40.3 Å². The molecule has 3 rings (SSSR count). The van der Waals surface area contributed by atoms with Crippen LogP contribution < -0.4 is 20.1 Å². The monoisotopic (exact) mass is 415 g/mol. The molecule has 9 nitrogen and oxygen atoms in total. The van der Waals surface area contributed by atoms with Gasteiger partial charge in [-0.1, -0.05) is 23.7 Å². The number of nitrogens with zero attached hydrogens (tertiary/aromatic N) is 3. The van der Waals surface area contributed by atoms with Gasteiger partial charge in [0.1, 0.15) is 17.8 Å². The molecule has 1 aromatic heterocycles. The fourth-order valence-corrected chi connectivity index (χ4v) is 2.79. The first-order chi connectivity index (χ1) is 14.0. The van der Waals surface area contributed by atoms with E-state index in [2.05, 4.69) is 20.6 Å². The largest absolute Gasteiger partial charge is 0.495 e. The first kappa shape index (κ1) is 20.2. The van der Waals surface area contributed by atoms with Gasteiger partial charge in [0.25, 0.3) is 0 Å². The van der Waals surface area contributed by atoms with Crippen LogP contribution in [0, 0.1) is 10.1 Å². The smallest absolute Gasteiger partial charge is 0.353 e. The predicted molar refractivity (Wildman–Crippen MR) is 111 cm³/mol. The van der Waals surface area contributed by atoms with Crippen LogP contribution in [0.1, 0.15) is 6.92 Å². The summed E-state index contributed by atoms with van der Waals surface area (Å²) in [5.74, 6) is 1.01. The number of halogens is 1. The number of hydrogen-bond acceptors (Lipinski definition) is 8. The fraction of sp³-hybridized carbons (Fsp3) is 0.158. The molecule has 0 atom stereocenters. The molecule has 0 bridgehead atoms. The van der Waals surface area contributed by atoms with E-state index in [9.17, 15) is 10.1 Å². The van der Waals surface area contributed by atoms with Crippen LogP contribution in [0.25, 0.3) is 0 Å². The molecule has 0 aliphatic heterocycles. The van der Waals surface area contributed by atoms with Crippen molar-refractivity contribution in [3.05, 3.63) is 63.9 Å². The molecule has 0 saturated heterocycles. The van der Waals surface area contributed by atoms with E-state index in [1.165, 1.54) is 13.4 Å². The Balaban J connectivity index is 2.02. The van der Waals surface area contributed by atoms with Crippen molar-refractivity contribution in [3.63, 3.8) is 0 Å². The normalized spacial score (nSPS) is 10.3. The van der Waals surface area contributed by atoms with Gasteiger partial charge >= 0.3 is 5.69 Å². The summed E-state index contributed by atoms with van der Waals surface area (Å²) in [4.78, 5) is 19.3. The molecule has 0 saturated carbocycles. The fourth-order valence-electron chi connectivity index (χ4n) is 2.62. The molecule has 0 amide bonds. The van der Waals surface area contributed by atoms with Gasteiger partial charge in [-0.15, -0.1) is 0 Å². The van der Waals surface area contributed by atoms with Crippen LogP contribution in [0.5, 0.6) is 11.5 Å². The second-order valence-electron chi connectivity index (χ2n) is 5.70. The van der Waals surface area contributed by atoms with Gasteiger partial charge in [-0.3, -0.25) is 10.1 Å². The zero-order chi connectivity index (χ0) is 20.8. The second kappa shape index (κ2) is 9.07. The van der Waals surface area contributed by atoms with Crippen LogP contribution >= 0.6 is 11.6 Å². The third-order valence-electron chi connectivity index (χ3n) is 3.86. The van der Waals surface area contributed by atoms with Crippen LogP contribution in [-0.4, -0.2) is 28.6 Å². The molecule has 0 aliphatic carbocycles. The van der Waals surface area contributed by atoms with Gasteiger partial charge in [0, 0.05) is 5.02 Å². The molecule has 10 heteroatoms. The van der Waals surface area contributed by atoms with E-state index in [4.69, 9.17) is 21.1 Å². The highest BCUT2D eigenvalue weighted by Crippen LogP contribution is 2.37. The maximum absolute atomic E-state index is 11.8. The van der Waals surface area contributed by atoms with Gasteiger partial charge < -0.3 is 20.1 Å². The molecule has 29 heavy (non-hydrogen) atoms. The first-order valence-corrected chi connectivity index (χ1v) is 9.00. The zero-order valence-corrected chi connectivity index (χ0v) is 16.4. The van der Waals surface area contributed by atoms with E-state index in [-0.39, 0.29) is 17.3 Å². The van der Waals surface area contributed by atoms with E-state index in [0.717, 1.165) is 0 Å². The van der Waals surface area contributed by atoms with Crippen molar-refractivity contribution in [3.8, 4) is 11.5 Å². The summed E-state index contributed by atoms with van der Waals surface area (Å²) in [5, 5.41) is 18.1. The number of nitrogens with one attached hydrogen (secondary N) is 2. The summed E-state index contributed by atoms with van der Waals surface area (Å²) < 4.78 is 10.8. The third kappa shape index (κ3) is 4.64. The van der Waals surface area contributed by atoms with E-state index in [1.54, 1.807) is 36.4 Å². The number of rotatable bonds is 8. The molecular weight excluding hydrogens is 398 g/mol. The lowest BCUT2D eigenvalue weighted by Gasteiger charge is -2.14. The van der Waals surface area contributed by atoms with Crippen LogP contribution in [0.3, 0.4) is 0 Å². The number of para-hydroxylation sites is 2. The summed E-state index contributed by atoms with van der Waals surface area (Å²) in [5.41, 5.74) is 0.644. The number of methoxy groups -OCH3 is 1. The minimum Gasteiger partial charge on any atom is -0.495 e. The molecule has 0 aliphatic rings. The lowest BCUT2D eigenvalue weighted by Crippen LogP contribution is -2.07. The Morgan fingerprint density at radius 3 is 2.41 bits per heavy atom. The average Bonchev–Trinajstić information content (AvgIpc) is 2.70. The van der Waals surface area contributed by atoms with Crippen LogP contribution in [0.4, 0.5) is 28.7 Å². The molecule has 150 valence electrons. The molecule has 3 aromatic rings. The zero-order valence-electron chi connectivity index (χ0n) is 15.7. The number of aromatic nitrogens is 2. The Bertz CT molecular complexity index is 1030. The molecule has 0 radical (unpaired) electrons. The van der Waals surface area contributed by atoms with E-state index < -0.39 is 4.92 Å². The summed E-state index contributed by atoms with van der Waals surface area (Å²) in [7, 11) is 1.49. The predicted octanol–water partition coefficient (Wildman–Crippen LogP) is 4.93. The van der Waals surface area contributed by atoms with Crippen molar-refractivity contribution < 1.29 is 14.4 Å². The Kier molecular flexibility index (Phi) is 6.30. The van der Waals surface area contributed by atoms with Gasteiger partial charge in [0.15, 0.2) is 0 Å². The second-order valence-corrected chi connectivity index (χ2v) is 6.14. The maximum atomic E-state index is 11.8. The number of anilines is 4. The van der Waals surface area contributed by atoms with Crippen LogP contribution in [-0.2, 0) is 0 Å². The number of ether oxygens (including phenoxy) is 2. The molecule has 1 heterocycles. The van der Waals surface area contributed by atoms with Gasteiger partial charge in [-0.05, 0) is 37.3 Å². The van der Waals surface area contributed by atoms with Crippen molar-refractivity contribution in [2.75, 3.05) is 24.4 Å². The Hall–Kier alpha value is -3.59. The summed E-state index contributed by atoms with van der Waals surface area (Å²) in [6, 6.07) is 12.0. The molecule has 2 N–H and O–H groups in total. The highest BCUT2D eigenvalue weighted by Gasteiger charge is 2.24. The van der Waals surface area contributed by atoms with E-state index in [0.29, 0.717) is 34.5 Å². The quantitative estimate of drug-likeness (QED) is 0.393. The average molecular weight is 416 g/mol. The SMILES string of the molecule is CCOc1ccccc1Nc1ncnc(Nc2cc(Cl)ccc2OC)c1[N+](=O)[O-]. The number of hydrogen-bond donors (Lipinski definition) is 2. The van der Waals surface area contributed by atoms with Crippen molar-refractivity contribution in [1.29, 1.82) is 0 Å². The Morgan fingerprint density at radius 1 is 1.07 bits per heavy atom. The molecule has 2 aromatic carbocycles. The molecule has 0 fully saturated rings. The van der Waals surface area contributed by atoms with Crippen molar-refractivity contribution in [2.24, 2.45) is 0 Å². The standard InChI is InChI=1S/C19H18ClN5O4/c1-3-29-16-7-5-4-6-13(16)23-18-17(25(26)27)19(22-11-21-18)24-14-10-12(20)8-9-15(14)28-2/h4-11H,3H2,1-2H3,(H2,21,22,23,24). The van der Waals surface area contributed by atoms with Gasteiger partial charge in [0.05, 0.1) is 30.0 Å². The topological polar surface area (TPSA) is 111 Å². The van der Waals surface area contributed by atoms with Crippen LogP contribution in [0.2, 0.25) is 5.02 Å². The lowest BCUT2D eigenvalue weighted by molar-refractivity contribution is -0.383. The number of benzene rings is 2. The van der Waals surface area contributed by atoms with Gasteiger partial charge in [-0.25, -0.2) is 9.97 Å². The highest BCUT2D eigenvalue weighted by molar-refractivity contribution is 6.31. The molecule has 0 spiro atoms. The number of nitro groups is 1. The Morgan fingerprint density at radius 2 is 1.76 bits per heavy atom. The summed E-state index contributed by atoms with van der Waals surface area (Å²) in [6.07, 6.45) is 1.22. The Labute approximate surface area is 171 Å². The van der Waals surface area contributed by atoms with E-state index in [1.807, 2.05) is 13.0 Å². The van der Waals surface area contributed by atoms with Gasteiger partial charge in [-0.2, -0.15) is 0 Å². The maximum Gasteiger partial charge on any atom is 0.353 e. The molecular formula is C19H18ClN5O4. The minimum atomic E-state index is -0.565. The minimum absolute atomic E-state index is 0.0121. The summed E-state index contributed by atoms with van der Waals surface area (Å²) in [6.45, 7) is 2.30. The van der Waals surface area contributed by atoms with Crippen molar-refractivity contribution in [2.45, 2.75) is 6.92 Å². The van der Waals surface area contributed by atoms with Crippen molar-refractivity contribution in [1.82, 2.24) is 9.97 Å². The van der Waals surface area contributed by atoms with Gasteiger partial charge in [0.2, 0.25) is 11.6 Å². The highest BCUT2D eigenvalue weighted by atomic mass is 35.5. The molecule has 0 unspecified atom stereocenters. The van der Waals surface area contributed by atoms with Crippen LogP contribution in [0.15, 0.2) is 48.8 Å². The van der Waals surface area contributed by atoms with E-state index >= 15 is 0 Å².